The standard InChI is InChI=1S/C17H20FN5/c18-14-1-2-15-13(10-20-16(15)7-14)3-5-19-8-12-9-21-17-4-6-22-23(17)11-12/h1-2,4,6-7,10,12,19-21H,3,5,8-9,11H2/t12-/m0/s1. The third-order valence-electron chi connectivity index (χ3n) is 4.45. The lowest BCUT2D eigenvalue weighted by Gasteiger charge is -2.25. The van der Waals surface area contributed by atoms with Crippen molar-refractivity contribution in [1.29, 1.82) is 0 Å². The summed E-state index contributed by atoms with van der Waals surface area (Å²) in [4.78, 5) is 3.14. The van der Waals surface area contributed by atoms with Gasteiger partial charge >= 0.3 is 0 Å². The van der Waals surface area contributed by atoms with Gasteiger partial charge in [0.1, 0.15) is 11.6 Å². The van der Waals surface area contributed by atoms with Gasteiger partial charge in [0, 0.05) is 48.7 Å². The first-order chi connectivity index (χ1) is 11.3. The van der Waals surface area contributed by atoms with Gasteiger partial charge in [0.2, 0.25) is 0 Å². The molecule has 0 fully saturated rings. The molecule has 3 N–H and O–H groups in total. The lowest BCUT2D eigenvalue weighted by molar-refractivity contribution is 0.393. The molecule has 0 aliphatic carbocycles. The molecule has 2 aromatic heterocycles. The molecule has 1 aromatic carbocycles. The molecular formula is C17H20FN5. The van der Waals surface area contributed by atoms with E-state index in [1.165, 1.54) is 11.6 Å². The Morgan fingerprint density at radius 1 is 1.35 bits per heavy atom. The molecule has 1 atom stereocenters. The number of hydrogen-bond acceptors (Lipinski definition) is 3. The number of rotatable bonds is 5. The maximum Gasteiger partial charge on any atom is 0.125 e. The highest BCUT2D eigenvalue weighted by atomic mass is 19.1. The maximum atomic E-state index is 13.2. The Morgan fingerprint density at radius 2 is 2.30 bits per heavy atom. The summed E-state index contributed by atoms with van der Waals surface area (Å²) in [5, 5.41) is 12.3. The molecule has 0 spiro atoms. The van der Waals surface area contributed by atoms with Crippen LogP contribution in [-0.2, 0) is 13.0 Å². The van der Waals surface area contributed by atoms with Crippen molar-refractivity contribution in [3.05, 3.63) is 48.0 Å². The monoisotopic (exact) mass is 313 g/mol. The van der Waals surface area contributed by atoms with Crippen LogP contribution >= 0.6 is 0 Å². The van der Waals surface area contributed by atoms with E-state index in [1.807, 2.05) is 29.2 Å². The second-order valence-electron chi connectivity index (χ2n) is 6.10. The second kappa shape index (κ2) is 6.04. The van der Waals surface area contributed by atoms with Gasteiger partial charge in [0.05, 0.1) is 6.20 Å². The van der Waals surface area contributed by atoms with Crippen molar-refractivity contribution in [2.75, 3.05) is 25.0 Å². The Hall–Kier alpha value is -2.34. The molecule has 5 nitrogen and oxygen atoms in total. The first kappa shape index (κ1) is 14.3. The Balaban J connectivity index is 1.29. The maximum absolute atomic E-state index is 13.2. The fourth-order valence-electron chi connectivity index (χ4n) is 3.22. The van der Waals surface area contributed by atoms with Crippen molar-refractivity contribution in [1.82, 2.24) is 20.1 Å². The zero-order valence-electron chi connectivity index (χ0n) is 12.8. The van der Waals surface area contributed by atoms with Crippen LogP contribution in [-0.4, -0.2) is 34.4 Å². The number of H-pyrrole nitrogens is 1. The number of nitrogens with one attached hydrogen (secondary N) is 3. The fraction of sp³-hybridized carbons (Fsp3) is 0.353. The lowest BCUT2D eigenvalue weighted by atomic mass is 10.1. The zero-order chi connectivity index (χ0) is 15.6. The van der Waals surface area contributed by atoms with Gasteiger partial charge in [-0.05, 0) is 36.7 Å². The van der Waals surface area contributed by atoms with E-state index < -0.39 is 0 Å². The van der Waals surface area contributed by atoms with E-state index in [1.54, 1.807) is 6.07 Å². The molecule has 3 aromatic rings. The minimum absolute atomic E-state index is 0.202. The highest BCUT2D eigenvalue weighted by molar-refractivity contribution is 5.83. The van der Waals surface area contributed by atoms with Gasteiger partial charge in [-0.1, -0.05) is 0 Å². The van der Waals surface area contributed by atoms with Crippen molar-refractivity contribution in [2.24, 2.45) is 5.92 Å². The number of nitrogens with zero attached hydrogens (tertiary/aromatic N) is 2. The second-order valence-corrected chi connectivity index (χ2v) is 6.10. The van der Waals surface area contributed by atoms with Gasteiger partial charge in [0.15, 0.2) is 0 Å². The molecule has 0 saturated heterocycles. The van der Waals surface area contributed by atoms with Gasteiger partial charge in [-0.3, -0.25) is 0 Å². The van der Waals surface area contributed by atoms with Crippen molar-refractivity contribution in [3.63, 3.8) is 0 Å². The molecule has 0 unspecified atom stereocenters. The van der Waals surface area contributed by atoms with Gasteiger partial charge in [-0.25, -0.2) is 9.07 Å². The molecule has 6 heteroatoms. The minimum Gasteiger partial charge on any atom is -0.370 e. The van der Waals surface area contributed by atoms with Crippen molar-refractivity contribution >= 4 is 16.7 Å². The summed E-state index contributed by atoms with van der Waals surface area (Å²) in [5.74, 6) is 1.44. The number of fused-ring (bicyclic) bond motifs is 2. The number of anilines is 1. The van der Waals surface area contributed by atoms with Crippen LogP contribution in [0.2, 0.25) is 0 Å². The number of benzene rings is 1. The largest absolute Gasteiger partial charge is 0.370 e. The van der Waals surface area contributed by atoms with Crippen LogP contribution in [0.25, 0.3) is 10.9 Å². The van der Waals surface area contributed by atoms with Gasteiger partial charge < -0.3 is 15.6 Å². The van der Waals surface area contributed by atoms with Crippen LogP contribution in [0.3, 0.4) is 0 Å². The van der Waals surface area contributed by atoms with E-state index in [0.717, 1.165) is 49.3 Å². The van der Waals surface area contributed by atoms with Gasteiger partial charge in [-0.15, -0.1) is 0 Å². The number of hydrogen-bond donors (Lipinski definition) is 3. The normalized spacial score (nSPS) is 17.2. The predicted octanol–water partition coefficient (Wildman–Crippen LogP) is 2.38. The third-order valence-corrected chi connectivity index (χ3v) is 4.45. The molecule has 3 heterocycles. The Morgan fingerprint density at radius 3 is 3.26 bits per heavy atom. The molecule has 0 amide bonds. The van der Waals surface area contributed by atoms with Crippen LogP contribution in [0, 0.1) is 11.7 Å². The molecule has 1 aliphatic rings. The van der Waals surface area contributed by atoms with Crippen LogP contribution < -0.4 is 10.6 Å². The minimum atomic E-state index is -0.202. The molecule has 1 aliphatic heterocycles. The van der Waals surface area contributed by atoms with E-state index in [2.05, 4.69) is 20.7 Å². The molecular weight excluding hydrogens is 293 g/mol. The zero-order valence-corrected chi connectivity index (χ0v) is 12.8. The molecule has 23 heavy (non-hydrogen) atoms. The Labute approximate surface area is 133 Å². The summed E-state index contributed by atoms with van der Waals surface area (Å²) >= 11 is 0. The topological polar surface area (TPSA) is 57.7 Å². The van der Waals surface area contributed by atoms with Gasteiger partial charge in [0.25, 0.3) is 0 Å². The average Bonchev–Trinajstić information content (AvgIpc) is 3.17. The number of halogens is 1. The van der Waals surface area contributed by atoms with E-state index in [0.29, 0.717) is 5.92 Å². The van der Waals surface area contributed by atoms with Crippen LogP contribution in [0.5, 0.6) is 0 Å². The summed E-state index contributed by atoms with van der Waals surface area (Å²) in [6.07, 6.45) is 4.74. The molecule has 0 saturated carbocycles. The van der Waals surface area contributed by atoms with Crippen LogP contribution in [0.4, 0.5) is 10.2 Å². The first-order valence-corrected chi connectivity index (χ1v) is 8.01. The predicted molar refractivity (Wildman–Crippen MR) is 89.0 cm³/mol. The van der Waals surface area contributed by atoms with E-state index in [4.69, 9.17) is 0 Å². The van der Waals surface area contributed by atoms with Crippen molar-refractivity contribution in [3.8, 4) is 0 Å². The quantitative estimate of drug-likeness (QED) is 0.634. The number of aromatic amines is 1. The summed E-state index contributed by atoms with van der Waals surface area (Å²) in [5.41, 5.74) is 2.09. The lowest BCUT2D eigenvalue weighted by Crippen LogP contribution is -2.35. The summed E-state index contributed by atoms with van der Waals surface area (Å²) in [6, 6.07) is 6.91. The van der Waals surface area contributed by atoms with Gasteiger partial charge in [-0.2, -0.15) is 5.10 Å². The van der Waals surface area contributed by atoms with E-state index >= 15 is 0 Å². The SMILES string of the molecule is Fc1ccc2c(CCNC[C@H]3CNc4ccnn4C3)c[nH]c2c1. The highest BCUT2D eigenvalue weighted by Gasteiger charge is 2.17. The third kappa shape index (κ3) is 2.94. The van der Waals surface area contributed by atoms with E-state index in [9.17, 15) is 4.39 Å². The molecule has 0 radical (unpaired) electrons. The average molecular weight is 313 g/mol. The summed E-state index contributed by atoms with van der Waals surface area (Å²) < 4.78 is 15.2. The molecule has 4 rings (SSSR count). The number of aromatic nitrogens is 3. The fourth-order valence-corrected chi connectivity index (χ4v) is 3.22. The Bertz CT molecular complexity index is 806. The van der Waals surface area contributed by atoms with Crippen LogP contribution in [0.1, 0.15) is 5.56 Å². The molecule has 120 valence electrons. The molecule has 0 bridgehead atoms. The van der Waals surface area contributed by atoms with E-state index in [-0.39, 0.29) is 5.82 Å². The highest BCUT2D eigenvalue weighted by Crippen LogP contribution is 2.19. The van der Waals surface area contributed by atoms with Crippen molar-refractivity contribution < 1.29 is 4.39 Å². The summed E-state index contributed by atoms with van der Waals surface area (Å²) in [6.45, 7) is 3.80. The summed E-state index contributed by atoms with van der Waals surface area (Å²) in [7, 11) is 0. The smallest absolute Gasteiger partial charge is 0.125 e. The van der Waals surface area contributed by atoms with Crippen LogP contribution in [0.15, 0.2) is 36.7 Å². The first-order valence-electron chi connectivity index (χ1n) is 8.01. The Kier molecular flexibility index (Phi) is 3.75. The van der Waals surface area contributed by atoms with Crippen molar-refractivity contribution in [2.45, 2.75) is 13.0 Å².